The van der Waals surface area contributed by atoms with Crippen LogP contribution in [0.1, 0.15) is 19.4 Å². The maximum atomic E-state index is 13.7. The Morgan fingerprint density at radius 1 is 1.03 bits per heavy atom. The van der Waals surface area contributed by atoms with Gasteiger partial charge in [0, 0.05) is 43.4 Å². The normalized spacial score (nSPS) is 13.9. The molecular weight excluding hydrogens is 482 g/mol. The quantitative estimate of drug-likeness (QED) is 0.386. The van der Waals surface area contributed by atoms with Crippen LogP contribution >= 0.6 is 0 Å². The fraction of sp³-hybridized carbons (Fsp3) is 0.321. The molecule has 10 heteroatoms. The van der Waals surface area contributed by atoms with Crippen LogP contribution in [0.5, 0.6) is 0 Å². The van der Waals surface area contributed by atoms with Crippen molar-refractivity contribution in [1.82, 2.24) is 24.9 Å². The van der Waals surface area contributed by atoms with Crippen molar-refractivity contribution in [3.05, 3.63) is 78.6 Å². The Hall–Kier alpha value is -4.31. The molecule has 1 saturated heterocycles. The number of pyridine rings is 1. The van der Waals surface area contributed by atoms with E-state index < -0.39 is 5.54 Å². The molecule has 0 radical (unpaired) electrons. The van der Waals surface area contributed by atoms with Crippen LogP contribution in [0.15, 0.2) is 73.1 Å². The zero-order chi connectivity index (χ0) is 26.5. The molecule has 2 aromatic heterocycles. The van der Waals surface area contributed by atoms with Gasteiger partial charge in [-0.15, -0.1) is 5.10 Å². The van der Waals surface area contributed by atoms with Crippen molar-refractivity contribution in [2.75, 3.05) is 36.5 Å². The summed E-state index contributed by atoms with van der Waals surface area (Å²) in [6.45, 7) is 6.75. The third-order valence-corrected chi connectivity index (χ3v) is 6.80. The van der Waals surface area contributed by atoms with Crippen LogP contribution in [0.3, 0.4) is 0 Å². The Balaban J connectivity index is 1.35. The van der Waals surface area contributed by atoms with E-state index >= 15 is 0 Å². The zero-order valence-electron chi connectivity index (χ0n) is 21.6. The molecule has 0 saturated carbocycles. The van der Waals surface area contributed by atoms with Crippen LogP contribution in [-0.4, -0.2) is 68.5 Å². The van der Waals surface area contributed by atoms with Crippen molar-refractivity contribution >= 4 is 34.2 Å². The number of morpholine rings is 1. The number of carbonyl (C=O) groups excluding carboxylic acids is 2. The highest BCUT2D eigenvalue weighted by atomic mass is 16.5. The first-order valence-corrected chi connectivity index (χ1v) is 12.6. The van der Waals surface area contributed by atoms with Crippen LogP contribution in [0.25, 0.3) is 11.0 Å². The number of benzene rings is 2. The SMILES string of the molecule is CC(C)(C(=O)Nc1ccc(N2CCOCC2)cc1)N(Cc1cccnc1)C(=O)Cn1nnc2ccccc21. The molecule has 38 heavy (non-hydrogen) atoms. The predicted molar refractivity (Wildman–Crippen MR) is 144 cm³/mol. The summed E-state index contributed by atoms with van der Waals surface area (Å²) in [6.07, 6.45) is 3.37. The van der Waals surface area contributed by atoms with E-state index in [1.54, 1.807) is 35.8 Å². The lowest BCUT2D eigenvalue weighted by Crippen LogP contribution is -2.55. The lowest BCUT2D eigenvalue weighted by atomic mass is 9.99. The number of hydrogen-bond donors (Lipinski definition) is 1. The maximum absolute atomic E-state index is 13.7. The molecule has 1 fully saturated rings. The van der Waals surface area contributed by atoms with Crippen molar-refractivity contribution in [3.8, 4) is 0 Å². The van der Waals surface area contributed by atoms with E-state index in [0.29, 0.717) is 24.4 Å². The highest BCUT2D eigenvalue weighted by Crippen LogP contribution is 2.24. The van der Waals surface area contributed by atoms with Crippen LogP contribution < -0.4 is 10.2 Å². The van der Waals surface area contributed by atoms with E-state index in [0.717, 1.165) is 29.9 Å². The second kappa shape index (κ2) is 11.0. The number of amides is 2. The fourth-order valence-electron chi connectivity index (χ4n) is 4.50. The molecule has 2 aromatic carbocycles. The first-order chi connectivity index (χ1) is 18.4. The van der Waals surface area contributed by atoms with E-state index in [1.807, 2.05) is 60.7 Å². The van der Waals surface area contributed by atoms with Gasteiger partial charge in [-0.25, -0.2) is 4.68 Å². The lowest BCUT2D eigenvalue weighted by molar-refractivity contribution is -0.145. The summed E-state index contributed by atoms with van der Waals surface area (Å²) >= 11 is 0. The van der Waals surface area contributed by atoms with Gasteiger partial charge in [0.2, 0.25) is 11.8 Å². The van der Waals surface area contributed by atoms with Gasteiger partial charge in [0.1, 0.15) is 17.6 Å². The van der Waals surface area contributed by atoms with Gasteiger partial charge in [-0.2, -0.15) is 0 Å². The van der Waals surface area contributed by atoms with Crippen molar-refractivity contribution in [2.24, 2.45) is 0 Å². The Bertz CT molecular complexity index is 1400. The minimum absolute atomic E-state index is 0.0499. The van der Waals surface area contributed by atoms with Gasteiger partial charge in [0.05, 0.1) is 18.7 Å². The van der Waals surface area contributed by atoms with E-state index in [9.17, 15) is 9.59 Å². The Morgan fingerprint density at radius 2 is 1.79 bits per heavy atom. The van der Waals surface area contributed by atoms with Crippen LogP contribution in [0, 0.1) is 0 Å². The molecule has 0 aliphatic carbocycles. The predicted octanol–water partition coefficient (Wildman–Crippen LogP) is 3.11. The molecule has 2 amide bonds. The third-order valence-electron chi connectivity index (χ3n) is 6.80. The highest BCUT2D eigenvalue weighted by molar-refractivity contribution is 6.00. The minimum Gasteiger partial charge on any atom is -0.378 e. The average molecular weight is 514 g/mol. The number of nitrogens with one attached hydrogen (secondary N) is 1. The third kappa shape index (κ3) is 5.50. The maximum Gasteiger partial charge on any atom is 0.249 e. The van der Waals surface area contributed by atoms with E-state index in [2.05, 4.69) is 25.5 Å². The van der Waals surface area contributed by atoms with Gasteiger partial charge < -0.3 is 19.9 Å². The average Bonchev–Trinajstić information content (AvgIpc) is 3.35. The molecule has 1 aliphatic heterocycles. The molecule has 3 heterocycles. The Morgan fingerprint density at radius 3 is 2.53 bits per heavy atom. The summed E-state index contributed by atoms with van der Waals surface area (Å²) < 4.78 is 6.99. The number of anilines is 2. The molecule has 10 nitrogen and oxygen atoms in total. The molecule has 1 N–H and O–H groups in total. The Labute approximate surface area is 221 Å². The summed E-state index contributed by atoms with van der Waals surface area (Å²) in [7, 11) is 0. The second-order valence-corrected chi connectivity index (χ2v) is 9.74. The molecule has 0 spiro atoms. The van der Waals surface area contributed by atoms with Gasteiger partial charge >= 0.3 is 0 Å². The zero-order valence-corrected chi connectivity index (χ0v) is 21.6. The van der Waals surface area contributed by atoms with Crippen molar-refractivity contribution in [2.45, 2.75) is 32.5 Å². The van der Waals surface area contributed by atoms with Crippen LogP contribution in [0.4, 0.5) is 11.4 Å². The fourth-order valence-corrected chi connectivity index (χ4v) is 4.50. The molecule has 0 atom stereocenters. The summed E-state index contributed by atoms with van der Waals surface area (Å²) in [5.41, 5.74) is 2.85. The molecule has 0 unspecified atom stereocenters. The molecule has 5 rings (SSSR count). The molecule has 196 valence electrons. The second-order valence-electron chi connectivity index (χ2n) is 9.74. The molecule has 4 aromatic rings. The minimum atomic E-state index is -1.17. The van der Waals surface area contributed by atoms with Gasteiger partial charge in [-0.1, -0.05) is 23.4 Å². The summed E-state index contributed by atoms with van der Waals surface area (Å²) in [6, 6.07) is 18.9. The summed E-state index contributed by atoms with van der Waals surface area (Å²) in [5.74, 6) is -0.551. The standard InChI is InChI=1S/C28H31N7O3/c1-28(2,27(37)30-22-9-11-23(12-10-22)33-14-16-38-17-15-33)34(19-21-6-5-13-29-18-21)26(36)20-35-25-8-4-3-7-24(25)31-32-35/h3-13,18H,14-17,19-20H2,1-2H3,(H,30,37). The highest BCUT2D eigenvalue weighted by Gasteiger charge is 2.38. The number of ether oxygens (including phenoxy) is 1. The van der Waals surface area contributed by atoms with Gasteiger partial charge in [-0.05, 0) is 61.9 Å². The Kier molecular flexibility index (Phi) is 7.32. The number of hydrogen-bond acceptors (Lipinski definition) is 7. The number of fused-ring (bicyclic) bond motifs is 1. The van der Waals surface area contributed by atoms with Crippen molar-refractivity contribution < 1.29 is 14.3 Å². The van der Waals surface area contributed by atoms with Crippen molar-refractivity contribution in [3.63, 3.8) is 0 Å². The van der Waals surface area contributed by atoms with Crippen molar-refractivity contribution in [1.29, 1.82) is 0 Å². The van der Waals surface area contributed by atoms with Gasteiger partial charge in [-0.3, -0.25) is 14.6 Å². The molecular formula is C28H31N7O3. The number of rotatable bonds is 8. The molecule has 1 aliphatic rings. The van der Waals surface area contributed by atoms with Gasteiger partial charge in [0.15, 0.2) is 0 Å². The number of carbonyl (C=O) groups is 2. The first kappa shape index (κ1) is 25.3. The van der Waals surface area contributed by atoms with Crippen LogP contribution in [-0.2, 0) is 27.4 Å². The number of nitrogens with zero attached hydrogens (tertiary/aromatic N) is 6. The molecule has 0 bridgehead atoms. The smallest absolute Gasteiger partial charge is 0.249 e. The van der Waals surface area contributed by atoms with E-state index in [4.69, 9.17) is 4.74 Å². The monoisotopic (exact) mass is 513 g/mol. The number of para-hydroxylation sites is 1. The van der Waals surface area contributed by atoms with Gasteiger partial charge in [0.25, 0.3) is 0 Å². The first-order valence-electron chi connectivity index (χ1n) is 12.6. The van der Waals surface area contributed by atoms with E-state index in [1.165, 1.54) is 0 Å². The van der Waals surface area contributed by atoms with Crippen LogP contribution in [0.2, 0.25) is 0 Å². The lowest BCUT2D eigenvalue weighted by Gasteiger charge is -2.37. The van der Waals surface area contributed by atoms with E-state index in [-0.39, 0.29) is 24.9 Å². The number of aromatic nitrogens is 4. The summed E-state index contributed by atoms with van der Waals surface area (Å²) in [4.78, 5) is 35.3. The summed E-state index contributed by atoms with van der Waals surface area (Å²) in [5, 5.41) is 11.3. The largest absolute Gasteiger partial charge is 0.378 e. The topological polar surface area (TPSA) is 105 Å².